The van der Waals surface area contributed by atoms with Crippen LogP contribution < -0.4 is 5.32 Å². The number of carbonyl (C=O) groups excluding carboxylic acids is 2. The van der Waals surface area contributed by atoms with Crippen LogP contribution in [0.2, 0.25) is 0 Å². The Balaban J connectivity index is 1.80. The molecule has 1 amide bonds. The molecule has 0 aliphatic rings. The number of aromatic amines is 1. The molecule has 0 aliphatic heterocycles. The number of benzene rings is 1. The average Bonchev–Trinajstić information content (AvgIpc) is 3.36. The first kappa shape index (κ1) is 21.4. The number of carbonyl (C=O) groups is 2. The maximum Gasteiger partial charge on any atom is 0.307 e. The molecule has 0 saturated carbocycles. The van der Waals surface area contributed by atoms with Crippen molar-refractivity contribution < 1.29 is 18.7 Å². The lowest BCUT2D eigenvalue weighted by Gasteiger charge is -2.22. The quantitative estimate of drug-likeness (QED) is 0.591. The van der Waals surface area contributed by atoms with Crippen molar-refractivity contribution in [3.8, 4) is 11.5 Å². The fourth-order valence-electron chi connectivity index (χ4n) is 3.09. The predicted octanol–water partition coefficient (Wildman–Crippen LogP) is 4.31. The second-order valence-electron chi connectivity index (χ2n) is 8.26. The molecule has 0 bridgehead atoms. The Labute approximate surface area is 175 Å². The zero-order chi connectivity index (χ0) is 21.9. The third-order valence-corrected chi connectivity index (χ3v) is 4.90. The van der Waals surface area contributed by atoms with Crippen molar-refractivity contribution in [1.82, 2.24) is 15.5 Å². The first-order valence-corrected chi connectivity index (χ1v) is 9.77. The Kier molecular flexibility index (Phi) is 6.10. The van der Waals surface area contributed by atoms with Crippen LogP contribution in [0, 0.1) is 6.92 Å². The van der Waals surface area contributed by atoms with Crippen molar-refractivity contribution in [3.63, 3.8) is 0 Å². The van der Waals surface area contributed by atoms with Gasteiger partial charge in [0.2, 0.25) is 0 Å². The molecule has 2 aromatic heterocycles. The number of ether oxygens (including phenoxy) is 1. The van der Waals surface area contributed by atoms with Gasteiger partial charge in [-0.3, -0.25) is 14.7 Å². The van der Waals surface area contributed by atoms with E-state index in [-0.39, 0.29) is 17.5 Å². The van der Waals surface area contributed by atoms with Gasteiger partial charge in [-0.15, -0.1) is 0 Å². The van der Waals surface area contributed by atoms with Crippen LogP contribution in [0.1, 0.15) is 60.6 Å². The molecule has 158 valence electrons. The molecular weight excluding hydrogens is 382 g/mol. The lowest BCUT2D eigenvalue weighted by atomic mass is 9.86. The van der Waals surface area contributed by atoms with Crippen LogP contribution in [0.5, 0.6) is 0 Å². The van der Waals surface area contributed by atoms with E-state index in [4.69, 9.17) is 9.15 Å². The summed E-state index contributed by atoms with van der Waals surface area (Å²) in [6, 6.07) is 12.6. The summed E-state index contributed by atoms with van der Waals surface area (Å²) >= 11 is 0. The fraction of sp³-hybridized carbons (Fsp3) is 0.348. The summed E-state index contributed by atoms with van der Waals surface area (Å²) in [7, 11) is 1.33. The SMILES string of the molecule is COC(=O)CC(NC(=O)c1cc(-c2ccc(C)o2)[nH]n1)c1ccc(C(C)(C)C)cc1. The highest BCUT2D eigenvalue weighted by molar-refractivity contribution is 5.93. The monoisotopic (exact) mass is 409 g/mol. The van der Waals surface area contributed by atoms with Crippen molar-refractivity contribution in [2.24, 2.45) is 0 Å². The molecule has 1 atom stereocenters. The van der Waals surface area contributed by atoms with E-state index in [0.717, 1.165) is 11.3 Å². The summed E-state index contributed by atoms with van der Waals surface area (Å²) in [5.41, 5.74) is 2.81. The molecule has 3 rings (SSSR count). The molecule has 7 nitrogen and oxygen atoms in total. The van der Waals surface area contributed by atoms with Crippen molar-refractivity contribution in [2.45, 2.75) is 45.6 Å². The van der Waals surface area contributed by atoms with Gasteiger partial charge in [0.25, 0.3) is 5.91 Å². The summed E-state index contributed by atoms with van der Waals surface area (Å²) < 4.78 is 10.4. The van der Waals surface area contributed by atoms with E-state index in [9.17, 15) is 9.59 Å². The zero-order valence-corrected chi connectivity index (χ0v) is 17.9. The Morgan fingerprint density at radius 1 is 1.17 bits per heavy atom. The van der Waals surface area contributed by atoms with E-state index in [2.05, 4.69) is 36.3 Å². The number of aryl methyl sites for hydroxylation is 1. The molecule has 0 spiro atoms. The number of amides is 1. The molecular formula is C23H27N3O4. The van der Waals surface area contributed by atoms with E-state index < -0.39 is 17.9 Å². The van der Waals surface area contributed by atoms with Crippen molar-refractivity contribution in [1.29, 1.82) is 0 Å². The summed E-state index contributed by atoms with van der Waals surface area (Å²) in [5, 5.41) is 9.78. The van der Waals surface area contributed by atoms with Crippen LogP contribution in [-0.2, 0) is 14.9 Å². The van der Waals surface area contributed by atoms with Crippen molar-refractivity contribution in [2.75, 3.05) is 7.11 Å². The molecule has 0 saturated heterocycles. The Morgan fingerprint density at radius 2 is 1.87 bits per heavy atom. The number of aromatic nitrogens is 2. The largest absolute Gasteiger partial charge is 0.469 e. The molecule has 30 heavy (non-hydrogen) atoms. The summed E-state index contributed by atoms with van der Waals surface area (Å²) in [6.07, 6.45) is 0.0196. The van der Waals surface area contributed by atoms with E-state index in [0.29, 0.717) is 11.5 Å². The fourth-order valence-corrected chi connectivity index (χ4v) is 3.09. The van der Waals surface area contributed by atoms with Gasteiger partial charge in [0.05, 0.1) is 19.6 Å². The number of furan rings is 1. The topological polar surface area (TPSA) is 97.2 Å². The third-order valence-electron chi connectivity index (χ3n) is 4.90. The van der Waals surface area contributed by atoms with Gasteiger partial charge in [-0.1, -0.05) is 45.0 Å². The van der Waals surface area contributed by atoms with Crippen LogP contribution in [-0.4, -0.2) is 29.2 Å². The van der Waals surface area contributed by atoms with E-state index in [1.807, 2.05) is 37.3 Å². The minimum absolute atomic E-state index is 0.00920. The van der Waals surface area contributed by atoms with Gasteiger partial charge in [-0.2, -0.15) is 5.10 Å². The zero-order valence-electron chi connectivity index (χ0n) is 17.9. The number of rotatable bonds is 6. The Morgan fingerprint density at radius 3 is 2.43 bits per heavy atom. The standard InChI is InChI=1S/C23H27N3O4/c1-14-6-11-20(30-14)18-12-19(26-25-18)22(28)24-17(13-21(27)29-5)15-7-9-16(10-8-15)23(2,3)4/h6-12,17H,13H2,1-5H3,(H,24,28)(H,25,26). The summed E-state index contributed by atoms with van der Waals surface area (Å²) in [5.74, 6) is 0.564. The molecule has 0 fully saturated rings. The number of H-pyrrole nitrogens is 1. The van der Waals surface area contributed by atoms with Crippen LogP contribution in [0.3, 0.4) is 0 Å². The normalized spacial score (nSPS) is 12.4. The molecule has 1 unspecified atom stereocenters. The molecule has 7 heteroatoms. The lowest BCUT2D eigenvalue weighted by molar-refractivity contribution is -0.141. The first-order chi connectivity index (χ1) is 14.2. The number of methoxy groups -OCH3 is 1. The minimum Gasteiger partial charge on any atom is -0.469 e. The number of hydrogen-bond donors (Lipinski definition) is 2. The van der Waals surface area contributed by atoms with Gasteiger partial charge >= 0.3 is 5.97 Å². The highest BCUT2D eigenvalue weighted by atomic mass is 16.5. The van der Waals surface area contributed by atoms with Crippen molar-refractivity contribution >= 4 is 11.9 Å². The van der Waals surface area contributed by atoms with Gasteiger partial charge in [0, 0.05) is 6.07 Å². The van der Waals surface area contributed by atoms with Gasteiger partial charge in [-0.05, 0) is 35.6 Å². The van der Waals surface area contributed by atoms with Crippen molar-refractivity contribution in [3.05, 3.63) is 65.0 Å². The number of hydrogen-bond acceptors (Lipinski definition) is 5. The lowest BCUT2D eigenvalue weighted by Crippen LogP contribution is -2.30. The highest BCUT2D eigenvalue weighted by Gasteiger charge is 2.22. The van der Waals surface area contributed by atoms with Gasteiger partial charge in [0.15, 0.2) is 11.5 Å². The van der Waals surface area contributed by atoms with E-state index >= 15 is 0 Å². The molecule has 0 aliphatic carbocycles. The molecule has 1 aromatic carbocycles. The number of nitrogens with one attached hydrogen (secondary N) is 2. The van der Waals surface area contributed by atoms with E-state index in [1.165, 1.54) is 12.7 Å². The molecule has 2 N–H and O–H groups in total. The molecule has 3 aromatic rings. The highest BCUT2D eigenvalue weighted by Crippen LogP contribution is 2.26. The summed E-state index contributed by atoms with van der Waals surface area (Å²) in [6.45, 7) is 8.23. The molecule has 2 heterocycles. The second kappa shape index (κ2) is 8.57. The Hall–Kier alpha value is -3.35. The van der Waals surface area contributed by atoms with Crippen LogP contribution in [0.4, 0.5) is 0 Å². The Bertz CT molecular complexity index is 1030. The van der Waals surface area contributed by atoms with Gasteiger partial charge in [0.1, 0.15) is 11.5 Å². The van der Waals surface area contributed by atoms with Crippen LogP contribution in [0.25, 0.3) is 11.5 Å². The predicted molar refractivity (Wildman–Crippen MR) is 113 cm³/mol. The molecule has 0 radical (unpaired) electrons. The maximum atomic E-state index is 12.8. The van der Waals surface area contributed by atoms with Crippen LogP contribution >= 0.6 is 0 Å². The van der Waals surface area contributed by atoms with E-state index in [1.54, 1.807) is 12.1 Å². The second-order valence-corrected chi connectivity index (χ2v) is 8.26. The van der Waals surface area contributed by atoms with Gasteiger partial charge in [-0.25, -0.2) is 0 Å². The number of esters is 1. The maximum absolute atomic E-state index is 12.8. The number of nitrogens with zero attached hydrogens (tertiary/aromatic N) is 1. The minimum atomic E-state index is -0.537. The summed E-state index contributed by atoms with van der Waals surface area (Å²) in [4.78, 5) is 24.7. The smallest absolute Gasteiger partial charge is 0.307 e. The van der Waals surface area contributed by atoms with Crippen LogP contribution in [0.15, 0.2) is 46.9 Å². The first-order valence-electron chi connectivity index (χ1n) is 9.77. The third kappa shape index (κ3) is 4.97. The average molecular weight is 409 g/mol. The van der Waals surface area contributed by atoms with Gasteiger partial charge < -0.3 is 14.5 Å².